The maximum Gasteiger partial charge on any atom is 0.417 e. The van der Waals surface area contributed by atoms with E-state index in [2.05, 4.69) is 4.90 Å². The number of methoxy groups -OCH3 is 1. The van der Waals surface area contributed by atoms with Gasteiger partial charge >= 0.3 is 6.18 Å². The van der Waals surface area contributed by atoms with Crippen molar-refractivity contribution in [2.75, 3.05) is 38.2 Å². The molecule has 0 bridgehead atoms. The van der Waals surface area contributed by atoms with Gasteiger partial charge < -0.3 is 9.64 Å². The number of nitrogens with zero attached hydrogens (tertiary/aromatic N) is 2. The molecule has 0 unspecified atom stereocenters. The number of hydrogen-bond donors (Lipinski definition) is 0. The van der Waals surface area contributed by atoms with E-state index in [0.29, 0.717) is 18.7 Å². The number of anilines is 1. The van der Waals surface area contributed by atoms with Crippen LogP contribution in [0.25, 0.3) is 11.1 Å². The molecule has 3 nitrogen and oxygen atoms in total. The predicted octanol–water partition coefficient (Wildman–Crippen LogP) is 5.57. The van der Waals surface area contributed by atoms with E-state index in [1.807, 2.05) is 12.1 Å². The lowest BCUT2D eigenvalue weighted by Gasteiger charge is -2.40. The van der Waals surface area contributed by atoms with Crippen molar-refractivity contribution in [3.8, 4) is 16.9 Å². The molecule has 0 spiro atoms. The Bertz CT molecular complexity index is 1020. The number of hydrogen-bond acceptors (Lipinski definition) is 3. The van der Waals surface area contributed by atoms with Crippen LogP contribution >= 0.6 is 0 Å². The lowest BCUT2D eigenvalue weighted by Crippen LogP contribution is -2.48. The Morgan fingerprint density at radius 2 is 1.94 bits per heavy atom. The van der Waals surface area contributed by atoms with Crippen LogP contribution in [0, 0.1) is 0 Å². The van der Waals surface area contributed by atoms with Crippen LogP contribution in [-0.2, 0) is 12.6 Å². The Kier molecular flexibility index (Phi) is 5.31. The molecule has 0 aliphatic carbocycles. The molecule has 3 aliphatic heterocycles. The van der Waals surface area contributed by atoms with Crippen LogP contribution in [0.2, 0.25) is 0 Å². The Balaban J connectivity index is 1.61. The molecule has 172 valence electrons. The molecule has 3 aliphatic rings. The number of alkyl halides is 5. The number of halogens is 5. The van der Waals surface area contributed by atoms with Crippen LogP contribution in [0.5, 0.6) is 5.75 Å². The van der Waals surface area contributed by atoms with Gasteiger partial charge in [0, 0.05) is 37.3 Å². The van der Waals surface area contributed by atoms with E-state index < -0.39 is 18.2 Å². The summed E-state index contributed by atoms with van der Waals surface area (Å²) in [5, 5.41) is 0. The first-order valence-electron chi connectivity index (χ1n) is 11.0. The molecule has 2 atom stereocenters. The minimum Gasteiger partial charge on any atom is -0.497 e. The molecule has 3 heterocycles. The van der Waals surface area contributed by atoms with Gasteiger partial charge in [-0.05, 0) is 65.8 Å². The minimum absolute atomic E-state index is 0.0295. The lowest BCUT2D eigenvalue weighted by molar-refractivity contribution is -0.137. The van der Waals surface area contributed by atoms with E-state index in [9.17, 15) is 22.0 Å². The highest BCUT2D eigenvalue weighted by Gasteiger charge is 2.44. The van der Waals surface area contributed by atoms with Crippen molar-refractivity contribution in [3.05, 3.63) is 47.0 Å². The number of rotatable bonds is 4. The van der Waals surface area contributed by atoms with E-state index in [4.69, 9.17) is 4.74 Å². The van der Waals surface area contributed by atoms with Crippen LogP contribution in [-0.4, -0.2) is 50.7 Å². The average Bonchev–Trinajstić information content (AvgIpc) is 3.07. The normalized spacial score (nSPS) is 22.8. The van der Waals surface area contributed by atoms with Crippen LogP contribution in [0.4, 0.5) is 27.6 Å². The maximum absolute atomic E-state index is 13.9. The first-order chi connectivity index (χ1) is 15.3. The van der Waals surface area contributed by atoms with Crippen LogP contribution in [0.1, 0.15) is 35.4 Å². The zero-order valence-corrected chi connectivity index (χ0v) is 17.8. The third-order valence-electron chi connectivity index (χ3n) is 7.05. The second-order valence-corrected chi connectivity index (χ2v) is 8.89. The van der Waals surface area contributed by atoms with Gasteiger partial charge in [-0.3, -0.25) is 4.90 Å². The minimum atomic E-state index is -4.52. The molecule has 1 saturated heterocycles. The Morgan fingerprint density at radius 3 is 2.66 bits per heavy atom. The third-order valence-corrected chi connectivity index (χ3v) is 7.05. The van der Waals surface area contributed by atoms with Crippen LogP contribution in [0.15, 0.2) is 30.3 Å². The van der Waals surface area contributed by atoms with Gasteiger partial charge in [0.25, 0.3) is 6.43 Å². The standard InChI is InChI=1S/C24H25F5N2O/c1-32-16-4-5-17(20(11-16)24(27,28)29)15-9-14-3-2-7-31-21-6-8-30(13-22(25)26)12-19(21)18(10-15)23(14)31/h4-5,9-11,19,21-22H,2-3,6-8,12-13H2,1H3/t19-,21-/m0/s1. The molecule has 0 radical (unpaired) electrons. The molecule has 5 rings (SSSR count). The second kappa shape index (κ2) is 7.90. The highest BCUT2D eigenvalue weighted by molar-refractivity contribution is 5.78. The topological polar surface area (TPSA) is 15.7 Å². The van der Waals surface area contributed by atoms with Crippen molar-refractivity contribution in [2.24, 2.45) is 0 Å². The van der Waals surface area contributed by atoms with E-state index in [0.717, 1.165) is 48.7 Å². The highest BCUT2D eigenvalue weighted by Crippen LogP contribution is 2.51. The quantitative estimate of drug-likeness (QED) is 0.564. The number of piperidine rings is 1. The Morgan fingerprint density at radius 1 is 1.12 bits per heavy atom. The van der Waals surface area contributed by atoms with Crippen LogP contribution in [0.3, 0.4) is 0 Å². The molecular weight excluding hydrogens is 427 g/mol. The van der Waals surface area contributed by atoms with E-state index in [1.54, 1.807) is 11.0 Å². The molecule has 0 N–H and O–H groups in total. The molecular formula is C24H25F5N2O. The molecule has 0 aromatic heterocycles. The SMILES string of the molecule is COc1ccc(-c2cc3c4c(c2)[C@@H]2CN(CC(F)F)CC[C@@H]2N4CCC3)c(C(F)(F)F)c1. The van der Waals surface area contributed by atoms with E-state index >= 15 is 0 Å². The largest absolute Gasteiger partial charge is 0.497 e. The molecule has 2 aromatic rings. The summed E-state index contributed by atoms with van der Waals surface area (Å²) in [6.07, 6.45) is -4.38. The summed E-state index contributed by atoms with van der Waals surface area (Å²) in [5.41, 5.74) is 3.11. The number of aryl methyl sites for hydroxylation is 1. The van der Waals surface area contributed by atoms with E-state index in [1.165, 1.54) is 13.2 Å². The highest BCUT2D eigenvalue weighted by atomic mass is 19.4. The summed E-state index contributed by atoms with van der Waals surface area (Å²) < 4.78 is 72.7. The number of benzene rings is 2. The van der Waals surface area contributed by atoms with Gasteiger partial charge in [-0.25, -0.2) is 8.78 Å². The molecule has 32 heavy (non-hydrogen) atoms. The van der Waals surface area contributed by atoms with Crippen molar-refractivity contribution in [3.63, 3.8) is 0 Å². The first-order valence-corrected chi connectivity index (χ1v) is 11.0. The summed E-state index contributed by atoms with van der Waals surface area (Å²) in [4.78, 5) is 4.17. The van der Waals surface area contributed by atoms with Gasteiger partial charge in [0.2, 0.25) is 0 Å². The van der Waals surface area contributed by atoms with Crippen molar-refractivity contribution in [1.82, 2.24) is 4.90 Å². The number of ether oxygens (including phenoxy) is 1. The fourth-order valence-corrected chi connectivity index (χ4v) is 5.76. The lowest BCUT2D eigenvalue weighted by atomic mass is 9.86. The summed E-state index contributed by atoms with van der Waals surface area (Å²) in [5.74, 6) is 0.187. The monoisotopic (exact) mass is 452 g/mol. The number of fused-ring (bicyclic) bond motifs is 3. The summed E-state index contributed by atoms with van der Waals surface area (Å²) in [6, 6.07) is 8.03. The molecule has 1 fully saturated rings. The molecule has 0 saturated carbocycles. The van der Waals surface area contributed by atoms with Gasteiger partial charge in [-0.1, -0.05) is 6.07 Å². The Labute approximate surface area is 183 Å². The van der Waals surface area contributed by atoms with Crippen molar-refractivity contribution in [2.45, 2.75) is 43.8 Å². The van der Waals surface area contributed by atoms with Crippen molar-refractivity contribution in [1.29, 1.82) is 0 Å². The van der Waals surface area contributed by atoms with Gasteiger partial charge in [-0.2, -0.15) is 13.2 Å². The predicted molar refractivity (Wildman–Crippen MR) is 113 cm³/mol. The zero-order chi connectivity index (χ0) is 22.6. The zero-order valence-electron chi connectivity index (χ0n) is 17.8. The molecule has 0 amide bonds. The first kappa shape index (κ1) is 21.5. The maximum atomic E-state index is 13.9. The fourth-order valence-electron chi connectivity index (χ4n) is 5.76. The smallest absolute Gasteiger partial charge is 0.417 e. The van der Waals surface area contributed by atoms with E-state index in [-0.39, 0.29) is 29.8 Å². The average molecular weight is 452 g/mol. The Hall–Kier alpha value is -2.35. The second-order valence-electron chi connectivity index (χ2n) is 8.89. The van der Waals surface area contributed by atoms with Gasteiger partial charge in [0.05, 0.1) is 19.2 Å². The van der Waals surface area contributed by atoms with Crippen LogP contribution < -0.4 is 9.64 Å². The van der Waals surface area contributed by atoms with Crippen molar-refractivity contribution < 1.29 is 26.7 Å². The van der Waals surface area contributed by atoms with Gasteiger partial charge in [-0.15, -0.1) is 0 Å². The summed E-state index contributed by atoms with van der Waals surface area (Å²) >= 11 is 0. The summed E-state index contributed by atoms with van der Waals surface area (Å²) in [6.45, 7) is 1.78. The van der Waals surface area contributed by atoms with Crippen molar-refractivity contribution >= 4 is 5.69 Å². The number of likely N-dealkylation sites (tertiary alicyclic amines) is 1. The van der Waals surface area contributed by atoms with Gasteiger partial charge in [0.1, 0.15) is 5.75 Å². The fraction of sp³-hybridized carbons (Fsp3) is 0.500. The summed E-state index contributed by atoms with van der Waals surface area (Å²) in [7, 11) is 1.34. The van der Waals surface area contributed by atoms with Gasteiger partial charge in [0.15, 0.2) is 0 Å². The molecule has 2 aromatic carbocycles. The third kappa shape index (κ3) is 3.62. The molecule has 8 heteroatoms.